The Kier molecular flexibility index (Phi) is 6.73. The number of hydrogen-bond acceptors (Lipinski definition) is 8. The van der Waals surface area contributed by atoms with Crippen LogP contribution in [0.4, 0.5) is 5.69 Å². The minimum Gasteiger partial charge on any atom is -0.385 e. The fourth-order valence-corrected chi connectivity index (χ4v) is 5.66. The number of aromatic nitrogens is 5. The molecule has 11 nitrogen and oxygen atoms in total. The summed E-state index contributed by atoms with van der Waals surface area (Å²) >= 11 is 0. The SMILES string of the molecule is COCCCN(C)c1ccc(S(=O)(=O)NCCc2nnc3c(=O)n(C4CC4)ccn23)c2ccncc12. The highest BCUT2D eigenvalue weighted by atomic mass is 32.2. The number of sulfonamides is 1. The second-order valence-electron chi connectivity index (χ2n) is 8.97. The fourth-order valence-electron chi connectivity index (χ4n) is 4.41. The van der Waals surface area contributed by atoms with Crippen molar-refractivity contribution >= 4 is 32.1 Å². The van der Waals surface area contributed by atoms with Crippen LogP contribution in [0.2, 0.25) is 0 Å². The van der Waals surface area contributed by atoms with Gasteiger partial charge in [-0.15, -0.1) is 10.2 Å². The maximum atomic E-state index is 13.3. The Bertz CT molecular complexity index is 1560. The molecule has 0 unspecified atom stereocenters. The quantitative estimate of drug-likeness (QED) is 0.302. The largest absolute Gasteiger partial charge is 0.385 e. The second-order valence-corrected chi connectivity index (χ2v) is 10.7. The molecule has 1 fully saturated rings. The molecule has 0 radical (unpaired) electrons. The first-order chi connectivity index (χ1) is 17.4. The van der Waals surface area contributed by atoms with Gasteiger partial charge in [-0.05, 0) is 37.5 Å². The molecule has 0 atom stereocenters. The highest BCUT2D eigenvalue weighted by molar-refractivity contribution is 7.89. The predicted octanol–water partition coefficient (Wildman–Crippen LogP) is 1.77. The molecule has 36 heavy (non-hydrogen) atoms. The smallest absolute Gasteiger partial charge is 0.296 e. The zero-order valence-electron chi connectivity index (χ0n) is 20.3. The van der Waals surface area contributed by atoms with E-state index in [1.165, 1.54) is 0 Å². The van der Waals surface area contributed by atoms with Crippen molar-refractivity contribution in [2.75, 3.05) is 38.8 Å². The topological polar surface area (TPSA) is 124 Å². The standard InChI is InChI=1S/C24H29N7O4S/c1-29(12-3-15-35-2)20-6-7-21(18-8-10-25-16-19(18)20)36(33,34)26-11-9-22-27-28-23-24(32)30(17-4-5-17)13-14-31(22)23/h6-8,10,13-14,16-17,26H,3-5,9,11-12,15H2,1-2H3. The van der Waals surface area contributed by atoms with Crippen LogP contribution < -0.4 is 15.2 Å². The van der Waals surface area contributed by atoms with Gasteiger partial charge in [-0.25, -0.2) is 13.1 Å². The van der Waals surface area contributed by atoms with Crippen molar-refractivity contribution < 1.29 is 13.2 Å². The lowest BCUT2D eigenvalue weighted by molar-refractivity contribution is 0.196. The molecule has 12 heteroatoms. The van der Waals surface area contributed by atoms with Gasteiger partial charge >= 0.3 is 0 Å². The molecule has 3 aromatic heterocycles. The number of pyridine rings is 1. The number of ether oxygens (including phenoxy) is 1. The molecule has 3 heterocycles. The van der Waals surface area contributed by atoms with E-state index in [2.05, 4.69) is 24.8 Å². The predicted molar refractivity (Wildman–Crippen MR) is 136 cm³/mol. The summed E-state index contributed by atoms with van der Waals surface area (Å²) in [6, 6.07) is 5.39. The summed E-state index contributed by atoms with van der Waals surface area (Å²) in [6.45, 7) is 1.52. The molecule has 1 aromatic carbocycles. The molecule has 1 saturated carbocycles. The van der Waals surface area contributed by atoms with E-state index in [0.717, 1.165) is 36.9 Å². The Morgan fingerprint density at radius 3 is 2.78 bits per heavy atom. The average Bonchev–Trinajstić information content (AvgIpc) is 3.63. The Balaban J connectivity index is 1.34. The van der Waals surface area contributed by atoms with Gasteiger partial charge in [-0.1, -0.05) is 0 Å². The molecule has 190 valence electrons. The number of anilines is 1. The van der Waals surface area contributed by atoms with Crippen molar-refractivity contribution in [3.63, 3.8) is 0 Å². The summed E-state index contributed by atoms with van der Waals surface area (Å²) in [5.41, 5.74) is 0.984. The molecule has 0 aliphatic heterocycles. The van der Waals surface area contributed by atoms with Crippen molar-refractivity contribution in [2.24, 2.45) is 0 Å². The third kappa shape index (κ3) is 4.71. The number of benzene rings is 1. The molecule has 0 bridgehead atoms. The van der Waals surface area contributed by atoms with E-state index in [9.17, 15) is 13.2 Å². The summed E-state index contributed by atoms with van der Waals surface area (Å²) in [4.78, 5) is 19.1. The minimum absolute atomic E-state index is 0.111. The fraction of sp³-hybridized carbons (Fsp3) is 0.417. The van der Waals surface area contributed by atoms with Gasteiger partial charge in [-0.2, -0.15) is 0 Å². The maximum absolute atomic E-state index is 13.3. The zero-order chi connectivity index (χ0) is 25.3. The molecular weight excluding hydrogens is 482 g/mol. The van der Waals surface area contributed by atoms with Gasteiger partial charge in [0.25, 0.3) is 5.56 Å². The molecular formula is C24H29N7O4S. The van der Waals surface area contributed by atoms with E-state index in [1.54, 1.807) is 53.0 Å². The first-order valence-corrected chi connectivity index (χ1v) is 13.4. The van der Waals surface area contributed by atoms with Crippen molar-refractivity contribution in [2.45, 2.75) is 36.6 Å². The van der Waals surface area contributed by atoms with Crippen LogP contribution in [0.3, 0.4) is 0 Å². The van der Waals surface area contributed by atoms with Crippen LogP contribution in [0.5, 0.6) is 0 Å². The molecule has 0 spiro atoms. The Hall–Kier alpha value is -3.35. The van der Waals surface area contributed by atoms with Crippen molar-refractivity contribution in [1.82, 2.24) is 28.9 Å². The van der Waals surface area contributed by atoms with Gasteiger partial charge in [0.1, 0.15) is 5.82 Å². The number of fused-ring (bicyclic) bond motifs is 2. The van der Waals surface area contributed by atoms with E-state index in [4.69, 9.17) is 4.74 Å². The number of methoxy groups -OCH3 is 1. The summed E-state index contributed by atoms with van der Waals surface area (Å²) in [7, 11) is -0.181. The van der Waals surface area contributed by atoms with Gasteiger partial charge in [0.15, 0.2) is 0 Å². The molecule has 4 aromatic rings. The van der Waals surface area contributed by atoms with E-state index in [-0.39, 0.29) is 35.1 Å². The van der Waals surface area contributed by atoms with Crippen LogP contribution in [-0.2, 0) is 21.2 Å². The first kappa shape index (κ1) is 24.3. The minimum atomic E-state index is -3.81. The maximum Gasteiger partial charge on any atom is 0.296 e. The number of rotatable bonds is 11. The number of hydrogen-bond donors (Lipinski definition) is 1. The van der Waals surface area contributed by atoms with Crippen molar-refractivity contribution in [1.29, 1.82) is 0 Å². The number of nitrogens with one attached hydrogen (secondary N) is 1. The molecule has 1 N–H and O–H groups in total. The lowest BCUT2D eigenvalue weighted by Crippen LogP contribution is -2.27. The average molecular weight is 512 g/mol. The van der Waals surface area contributed by atoms with Gasteiger partial charge in [-0.3, -0.25) is 14.2 Å². The van der Waals surface area contributed by atoms with Crippen molar-refractivity contribution in [3.05, 3.63) is 59.2 Å². The van der Waals surface area contributed by atoms with E-state index in [0.29, 0.717) is 17.8 Å². The van der Waals surface area contributed by atoms with Gasteiger partial charge in [0, 0.05) is 87.6 Å². The van der Waals surface area contributed by atoms with Crippen LogP contribution in [0.15, 0.2) is 52.7 Å². The van der Waals surface area contributed by atoms with Gasteiger partial charge < -0.3 is 14.2 Å². The van der Waals surface area contributed by atoms with E-state index in [1.807, 2.05) is 13.1 Å². The second kappa shape index (κ2) is 9.96. The third-order valence-electron chi connectivity index (χ3n) is 6.45. The number of nitrogens with zero attached hydrogens (tertiary/aromatic N) is 6. The Morgan fingerprint density at radius 1 is 1.17 bits per heavy atom. The van der Waals surface area contributed by atoms with Crippen LogP contribution in [0.1, 0.15) is 31.1 Å². The normalized spacial score (nSPS) is 14.1. The third-order valence-corrected chi connectivity index (χ3v) is 7.97. The summed E-state index contributed by atoms with van der Waals surface area (Å²) in [5, 5.41) is 9.52. The van der Waals surface area contributed by atoms with Crippen LogP contribution in [-0.4, -0.2) is 66.4 Å². The molecule has 0 saturated heterocycles. The van der Waals surface area contributed by atoms with Crippen LogP contribution in [0, 0.1) is 0 Å². The molecule has 0 amide bonds. The highest BCUT2D eigenvalue weighted by Crippen LogP contribution is 2.33. The van der Waals surface area contributed by atoms with Crippen molar-refractivity contribution in [3.8, 4) is 0 Å². The molecule has 1 aliphatic rings. The summed E-state index contributed by atoms with van der Waals surface area (Å²) in [6.07, 6.45) is 9.91. The molecule has 5 rings (SSSR count). The van der Waals surface area contributed by atoms with E-state index < -0.39 is 10.0 Å². The zero-order valence-corrected chi connectivity index (χ0v) is 21.1. The van der Waals surface area contributed by atoms with Gasteiger partial charge in [0.2, 0.25) is 15.7 Å². The Labute approximate surface area is 208 Å². The monoisotopic (exact) mass is 511 g/mol. The van der Waals surface area contributed by atoms with E-state index >= 15 is 0 Å². The molecule has 1 aliphatic carbocycles. The van der Waals surface area contributed by atoms with Crippen LogP contribution >= 0.6 is 0 Å². The summed E-state index contributed by atoms with van der Waals surface area (Å²) < 4.78 is 37.6. The Morgan fingerprint density at radius 2 is 2.00 bits per heavy atom. The van der Waals surface area contributed by atoms with Gasteiger partial charge in [0.05, 0.1) is 4.90 Å². The van der Waals surface area contributed by atoms with Crippen LogP contribution in [0.25, 0.3) is 16.4 Å². The lowest BCUT2D eigenvalue weighted by Gasteiger charge is -2.22. The first-order valence-electron chi connectivity index (χ1n) is 11.9. The highest BCUT2D eigenvalue weighted by Gasteiger charge is 2.26. The summed E-state index contributed by atoms with van der Waals surface area (Å²) in [5.74, 6) is 0.523. The lowest BCUT2D eigenvalue weighted by atomic mass is 10.1.